The first-order valence-corrected chi connectivity index (χ1v) is 7.50. The van der Waals surface area contributed by atoms with E-state index >= 15 is 0 Å². The molecule has 0 saturated carbocycles. The Labute approximate surface area is 124 Å². The molecule has 2 fully saturated rings. The van der Waals surface area contributed by atoms with Crippen molar-refractivity contribution in [2.45, 2.75) is 25.8 Å². The van der Waals surface area contributed by atoms with Gasteiger partial charge in [-0.05, 0) is 25.8 Å². The van der Waals surface area contributed by atoms with Gasteiger partial charge in [-0.25, -0.2) is 0 Å². The molecule has 114 valence electrons. The molecule has 1 unspecified atom stereocenters. The van der Waals surface area contributed by atoms with Crippen LogP contribution >= 0.6 is 0 Å². The number of carbonyl (C=O) groups excluding carboxylic acids is 2. The zero-order valence-electron chi connectivity index (χ0n) is 12.3. The number of hydrogen-bond donors (Lipinski definition) is 1. The van der Waals surface area contributed by atoms with Crippen LogP contribution in [0.2, 0.25) is 0 Å². The number of furan rings is 1. The number of hydrogen-bond acceptors (Lipinski definition) is 4. The van der Waals surface area contributed by atoms with Gasteiger partial charge in [0.25, 0.3) is 5.91 Å². The van der Waals surface area contributed by atoms with Crippen molar-refractivity contribution in [2.75, 3.05) is 32.7 Å². The van der Waals surface area contributed by atoms with Gasteiger partial charge in [-0.15, -0.1) is 0 Å². The van der Waals surface area contributed by atoms with Crippen LogP contribution in [0, 0.1) is 6.92 Å². The van der Waals surface area contributed by atoms with Gasteiger partial charge in [0, 0.05) is 37.8 Å². The van der Waals surface area contributed by atoms with Gasteiger partial charge >= 0.3 is 0 Å². The van der Waals surface area contributed by atoms with E-state index in [9.17, 15) is 9.59 Å². The second kappa shape index (κ2) is 5.89. The minimum absolute atomic E-state index is 0.0650. The third kappa shape index (κ3) is 2.81. The standard InChI is InChI=1S/C15H21N3O3/c1-11-4-8-21-14(11)15(20)17-6-2-3-12(10-17)18-7-5-16-9-13(18)19/h4,8,12,16H,2-3,5-7,9-10H2,1H3. The summed E-state index contributed by atoms with van der Waals surface area (Å²) in [5.41, 5.74) is 0.861. The summed E-state index contributed by atoms with van der Waals surface area (Å²) in [5, 5.41) is 3.08. The van der Waals surface area contributed by atoms with E-state index in [1.54, 1.807) is 12.3 Å². The Bertz CT molecular complexity index is 540. The first-order chi connectivity index (χ1) is 10.2. The number of amides is 2. The zero-order chi connectivity index (χ0) is 14.8. The number of nitrogens with zero attached hydrogens (tertiary/aromatic N) is 2. The fourth-order valence-electron chi connectivity index (χ4n) is 3.14. The summed E-state index contributed by atoms with van der Waals surface area (Å²) in [7, 11) is 0. The van der Waals surface area contributed by atoms with E-state index in [2.05, 4.69) is 5.32 Å². The summed E-state index contributed by atoms with van der Waals surface area (Å²) in [6.07, 6.45) is 3.43. The molecular weight excluding hydrogens is 270 g/mol. The lowest BCUT2D eigenvalue weighted by Crippen LogP contribution is -2.57. The molecule has 2 aliphatic heterocycles. The van der Waals surface area contributed by atoms with E-state index in [1.807, 2.05) is 16.7 Å². The highest BCUT2D eigenvalue weighted by molar-refractivity contribution is 5.93. The summed E-state index contributed by atoms with van der Waals surface area (Å²) >= 11 is 0. The Kier molecular flexibility index (Phi) is 3.96. The zero-order valence-corrected chi connectivity index (χ0v) is 12.3. The van der Waals surface area contributed by atoms with Crippen molar-refractivity contribution < 1.29 is 14.0 Å². The molecule has 0 radical (unpaired) electrons. The maximum Gasteiger partial charge on any atom is 0.289 e. The van der Waals surface area contributed by atoms with Gasteiger partial charge in [0.1, 0.15) is 0 Å². The highest BCUT2D eigenvalue weighted by Gasteiger charge is 2.32. The quantitative estimate of drug-likeness (QED) is 0.868. The van der Waals surface area contributed by atoms with Crippen molar-refractivity contribution in [3.8, 4) is 0 Å². The van der Waals surface area contributed by atoms with Crippen LogP contribution in [0.1, 0.15) is 29.0 Å². The molecular formula is C15H21N3O3. The van der Waals surface area contributed by atoms with Gasteiger partial charge in [-0.1, -0.05) is 0 Å². The summed E-state index contributed by atoms with van der Waals surface area (Å²) < 4.78 is 5.30. The number of piperidine rings is 1. The first-order valence-electron chi connectivity index (χ1n) is 7.50. The molecule has 1 atom stereocenters. The SMILES string of the molecule is Cc1ccoc1C(=O)N1CCCC(N2CCNCC2=O)C1. The van der Waals surface area contributed by atoms with Crippen LogP contribution in [-0.4, -0.2) is 60.4 Å². The number of carbonyl (C=O) groups is 2. The molecule has 2 amide bonds. The van der Waals surface area contributed by atoms with Crippen LogP contribution < -0.4 is 5.32 Å². The average Bonchev–Trinajstić information content (AvgIpc) is 2.93. The van der Waals surface area contributed by atoms with Crippen LogP contribution in [-0.2, 0) is 4.79 Å². The van der Waals surface area contributed by atoms with Gasteiger partial charge in [0.2, 0.25) is 5.91 Å². The lowest BCUT2D eigenvalue weighted by Gasteiger charge is -2.40. The summed E-state index contributed by atoms with van der Waals surface area (Å²) in [6.45, 7) is 5.17. The fraction of sp³-hybridized carbons (Fsp3) is 0.600. The molecule has 1 aromatic heterocycles. The minimum atomic E-state index is -0.0650. The van der Waals surface area contributed by atoms with E-state index in [0.717, 1.165) is 38.0 Å². The summed E-state index contributed by atoms with van der Waals surface area (Å²) in [4.78, 5) is 28.2. The topological polar surface area (TPSA) is 65.8 Å². The Hall–Kier alpha value is -1.82. The van der Waals surface area contributed by atoms with Gasteiger partial charge in [-0.2, -0.15) is 0 Å². The van der Waals surface area contributed by atoms with Crippen molar-refractivity contribution in [1.29, 1.82) is 0 Å². The molecule has 1 N–H and O–H groups in total. The number of likely N-dealkylation sites (tertiary alicyclic amines) is 1. The van der Waals surface area contributed by atoms with Gasteiger partial charge < -0.3 is 19.5 Å². The smallest absolute Gasteiger partial charge is 0.289 e. The van der Waals surface area contributed by atoms with E-state index in [-0.39, 0.29) is 17.9 Å². The van der Waals surface area contributed by atoms with Crippen molar-refractivity contribution in [3.63, 3.8) is 0 Å². The number of aryl methyl sites for hydroxylation is 1. The molecule has 6 heteroatoms. The van der Waals surface area contributed by atoms with Crippen LogP contribution in [0.15, 0.2) is 16.7 Å². The van der Waals surface area contributed by atoms with Crippen molar-refractivity contribution in [3.05, 3.63) is 23.7 Å². The Balaban J connectivity index is 1.69. The number of rotatable bonds is 2. The molecule has 2 saturated heterocycles. The third-order valence-electron chi connectivity index (χ3n) is 4.31. The van der Waals surface area contributed by atoms with E-state index in [1.165, 1.54) is 0 Å². The van der Waals surface area contributed by atoms with E-state index in [4.69, 9.17) is 4.42 Å². The molecule has 21 heavy (non-hydrogen) atoms. The largest absolute Gasteiger partial charge is 0.459 e. The predicted octanol–water partition coefficient (Wildman–Crippen LogP) is 0.624. The number of nitrogens with one attached hydrogen (secondary N) is 1. The molecule has 0 aromatic carbocycles. The van der Waals surface area contributed by atoms with Crippen molar-refractivity contribution in [2.24, 2.45) is 0 Å². The van der Waals surface area contributed by atoms with Crippen molar-refractivity contribution >= 4 is 11.8 Å². The molecule has 2 aliphatic rings. The summed E-state index contributed by atoms with van der Waals surface area (Å²) in [6, 6.07) is 1.93. The summed E-state index contributed by atoms with van der Waals surface area (Å²) in [5.74, 6) is 0.488. The Morgan fingerprint density at radius 2 is 2.29 bits per heavy atom. The normalized spacial score (nSPS) is 23.5. The van der Waals surface area contributed by atoms with Crippen molar-refractivity contribution in [1.82, 2.24) is 15.1 Å². The van der Waals surface area contributed by atoms with Gasteiger partial charge in [-0.3, -0.25) is 9.59 Å². The fourth-order valence-corrected chi connectivity index (χ4v) is 3.14. The molecule has 1 aromatic rings. The maximum atomic E-state index is 12.5. The third-order valence-corrected chi connectivity index (χ3v) is 4.31. The molecule has 6 nitrogen and oxygen atoms in total. The monoisotopic (exact) mass is 291 g/mol. The average molecular weight is 291 g/mol. The van der Waals surface area contributed by atoms with E-state index < -0.39 is 0 Å². The van der Waals surface area contributed by atoms with Crippen LogP contribution in [0.5, 0.6) is 0 Å². The first kappa shape index (κ1) is 14.1. The van der Waals surface area contributed by atoms with Crippen LogP contribution in [0.25, 0.3) is 0 Å². The Morgan fingerprint density at radius 3 is 3.00 bits per heavy atom. The Morgan fingerprint density at radius 1 is 1.43 bits per heavy atom. The highest BCUT2D eigenvalue weighted by Crippen LogP contribution is 2.20. The lowest BCUT2D eigenvalue weighted by atomic mass is 10.0. The second-order valence-electron chi connectivity index (χ2n) is 5.74. The van der Waals surface area contributed by atoms with Gasteiger partial charge in [0.05, 0.1) is 12.8 Å². The van der Waals surface area contributed by atoms with Crippen LogP contribution in [0.4, 0.5) is 0 Å². The second-order valence-corrected chi connectivity index (χ2v) is 5.74. The maximum absolute atomic E-state index is 12.5. The van der Waals surface area contributed by atoms with Gasteiger partial charge in [0.15, 0.2) is 5.76 Å². The lowest BCUT2D eigenvalue weighted by molar-refractivity contribution is -0.135. The highest BCUT2D eigenvalue weighted by atomic mass is 16.3. The molecule has 3 heterocycles. The predicted molar refractivity (Wildman–Crippen MR) is 77.0 cm³/mol. The van der Waals surface area contributed by atoms with E-state index in [0.29, 0.717) is 18.8 Å². The van der Waals surface area contributed by atoms with Crippen LogP contribution in [0.3, 0.4) is 0 Å². The molecule has 3 rings (SSSR count). The number of piperazine rings is 1. The minimum Gasteiger partial charge on any atom is -0.459 e. The molecule has 0 bridgehead atoms. The molecule has 0 aliphatic carbocycles. The molecule has 0 spiro atoms.